The van der Waals surface area contributed by atoms with Crippen molar-refractivity contribution in [1.29, 1.82) is 0 Å². The molecule has 0 aliphatic carbocycles. The molecule has 26 heavy (non-hydrogen) atoms. The van der Waals surface area contributed by atoms with Crippen molar-refractivity contribution in [2.24, 2.45) is 0 Å². The van der Waals surface area contributed by atoms with Gasteiger partial charge in [-0.15, -0.1) is 0 Å². The Balaban J connectivity index is 1.84. The van der Waals surface area contributed by atoms with Gasteiger partial charge in [-0.2, -0.15) is 0 Å². The quantitative estimate of drug-likeness (QED) is 0.332. The van der Waals surface area contributed by atoms with Crippen molar-refractivity contribution in [3.63, 3.8) is 0 Å². The van der Waals surface area contributed by atoms with Crippen LogP contribution in [0.1, 0.15) is 17.2 Å². The zero-order chi connectivity index (χ0) is 19.1. The second-order valence-corrected chi connectivity index (χ2v) is 5.53. The maximum atomic E-state index is 11.6. The van der Waals surface area contributed by atoms with Gasteiger partial charge in [-0.25, -0.2) is 4.79 Å². The topological polar surface area (TPSA) is 148 Å². The van der Waals surface area contributed by atoms with Crippen LogP contribution in [0.25, 0.3) is 0 Å². The highest BCUT2D eigenvalue weighted by molar-refractivity contribution is 5.67. The summed E-state index contributed by atoms with van der Waals surface area (Å²) in [4.78, 5) is 21.7. The van der Waals surface area contributed by atoms with Gasteiger partial charge in [-0.05, 0) is 23.3 Å². The lowest BCUT2D eigenvalue weighted by molar-refractivity contribution is -0.383. The molecule has 2 unspecified atom stereocenters. The smallest absolute Gasteiger partial charge is 0.407 e. The van der Waals surface area contributed by atoms with E-state index >= 15 is 0 Å². The lowest BCUT2D eigenvalue weighted by atomic mass is 10.0. The Morgan fingerprint density at radius 1 is 1.23 bits per heavy atom. The summed E-state index contributed by atoms with van der Waals surface area (Å²) in [6, 6.07) is 12.7. The van der Waals surface area contributed by atoms with Gasteiger partial charge >= 0.3 is 6.09 Å². The first-order valence-corrected chi connectivity index (χ1v) is 7.73. The van der Waals surface area contributed by atoms with Gasteiger partial charge in [-0.3, -0.25) is 10.1 Å². The highest BCUT2D eigenvalue weighted by Gasteiger charge is 2.22. The van der Waals surface area contributed by atoms with E-state index in [2.05, 4.69) is 5.32 Å². The third-order valence-electron chi connectivity index (χ3n) is 3.62. The molecular formula is C17H19N3O6. The number of ether oxygens (including phenoxy) is 1. The summed E-state index contributed by atoms with van der Waals surface area (Å²) in [5, 5.41) is 33.1. The first-order valence-electron chi connectivity index (χ1n) is 7.73. The molecule has 1 amide bonds. The summed E-state index contributed by atoms with van der Waals surface area (Å²) in [6.45, 7) is -0.199. The molecule has 9 nitrogen and oxygen atoms in total. The minimum absolute atomic E-state index is 0.0736. The first-order chi connectivity index (χ1) is 12.4. The van der Waals surface area contributed by atoms with Crippen LogP contribution in [0, 0.1) is 10.1 Å². The Bertz CT molecular complexity index is 768. The van der Waals surface area contributed by atoms with Crippen LogP contribution < -0.4 is 11.1 Å². The average Bonchev–Trinajstić information content (AvgIpc) is 2.64. The van der Waals surface area contributed by atoms with E-state index in [4.69, 9.17) is 10.5 Å². The van der Waals surface area contributed by atoms with Crippen LogP contribution in [0.2, 0.25) is 0 Å². The standard InChI is InChI=1S/C17H19N3O6/c18-13-8-12(6-7-14(13)20(24)25)16(22)15(21)9-19-17(23)26-10-11-4-2-1-3-5-11/h1-8,15-16,21-22H,9-10,18H2,(H,19,23). The molecular weight excluding hydrogens is 342 g/mol. The molecule has 0 saturated carbocycles. The molecule has 0 heterocycles. The van der Waals surface area contributed by atoms with Gasteiger partial charge in [0.15, 0.2) is 0 Å². The predicted octanol–water partition coefficient (Wildman–Crippen LogP) is 1.50. The van der Waals surface area contributed by atoms with Gasteiger partial charge in [0.2, 0.25) is 0 Å². The number of nitrogen functional groups attached to an aromatic ring is 1. The number of carbonyl (C=O) groups is 1. The monoisotopic (exact) mass is 361 g/mol. The second kappa shape index (κ2) is 8.79. The molecule has 138 valence electrons. The molecule has 2 atom stereocenters. The van der Waals surface area contributed by atoms with E-state index in [1.807, 2.05) is 18.2 Å². The number of aliphatic hydroxyl groups excluding tert-OH is 2. The fourth-order valence-corrected chi connectivity index (χ4v) is 2.22. The number of aliphatic hydroxyl groups is 2. The molecule has 0 radical (unpaired) electrons. The summed E-state index contributed by atoms with van der Waals surface area (Å²) in [7, 11) is 0. The summed E-state index contributed by atoms with van der Waals surface area (Å²) in [6.07, 6.45) is -3.48. The fraction of sp³-hybridized carbons (Fsp3) is 0.235. The van der Waals surface area contributed by atoms with Crippen LogP contribution >= 0.6 is 0 Å². The van der Waals surface area contributed by atoms with E-state index in [0.29, 0.717) is 0 Å². The molecule has 2 aromatic carbocycles. The molecule has 0 aliphatic rings. The third kappa shape index (κ3) is 5.16. The van der Waals surface area contributed by atoms with Crippen molar-refractivity contribution in [2.75, 3.05) is 12.3 Å². The number of alkyl carbamates (subject to hydrolysis) is 1. The number of hydrogen-bond acceptors (Lipinski definition) is 7. The average molecular weight is 361 g/mol. The summed E-state index contributed by atoms with van der Waals surface area (Å²) >= 11 is 0. The zero-order valence-electron chi connectivity index (χ0n) is 13.7. The van der Waals surface area contributed by atoms with Gasteiger partial charge in [0.05, 0.1) is 4.92 Å². The van der Waals surface area contributed by atoms with E-state index in [-0.39, 0.29) is 30.1 Å². The zero-order valence-corrected chi connectivity index (χ0v) is 13.7. The molecule has 9 heteroatoms. The van der Waals surface area contributed by atoms with Crippen molar-refractivity contribution < 1.29 is 24.7 Å². The molecule has 2 aromatic rings. The van der Waals surface area contributed by atoms with Crippen LogP contribution in [0.4, 0.5) is 16.2 Å². The summed E-state index contributed by atoms with van der Waals surface area (Å²) < 4.78 is 4.99. The van der Waals surface area contributed by atoms with Crippen LogP contribution in [-0.2, 0) is 11.3 Å². The van der Waals surface area contributed by atoms with Crippen LogP contribution in [0.3, 0.4) is 0 Å². The molecule has 5 N–H and O–H groups in total. The SMILES string of the molecule is Nc1cc(C(O)C(O)CNC(=O)OCc2ccccc2)ccc1[N+](=O)[O-]. The maximum absolute atomic E-state index is 11.6. The number of hydrogen-bond donors (Lipinski definition) is 4. The van der Waals surface area contributed by atoms with Crippen molar-refractivity contribution in [3.8, 4) is 0 Å². The van der Waals surface area contributed by atoms with Crippen LogP contribution in [0.15, 0.2) is 48.5 Å². The number of nitro groups is 1. The normalized spacial score (nSPS) is 12.8. The maximum Gasteiger partial charge on any atom is 0.407 e. The number of nitrogens with zero attached hydrogens (tertiary/aromatic N) is 1. The van der Waals surface area contributed by atoms with E-state index in [9.17, 15) is 25.1 Å². The van der Waals surface area contributed by atoms with Crippen LogP contribution in [0.5, 0.6) is 0 Å². The summed E-state index contributed by atoms with van der Waals surface area (Å²) in [5.74, 6) is 0. The highest BCUT2D eigenvalue weighted by Crippen LogP contribution is 2.26. The van der Waals surface area contributed by atoms with Crippen LogP contribution in [-0.4, -0.2) is 33.9 Å². The molecule has 2 rings (SSSR count). The lowest BCUT2D eigenvalue weighted by Gasteiger charge is -2.19. The molecule has 0 bridgehead atoms. The van der Waals surface area contributed by atoms with Gasteiger partial charge in [0, 0.05) is 12.6 Å². The number of nitrogens with two attached hydrogens (primary N) is 1. The second-order valence-electron chi connectivity index (χ2n) is 5.53. The van der Waals surface area contributed by atoms with Gasteiger partial charge in [-0.1, -0.05) is 30.3 Å². The van der Waals surface area contributed by atoms with E-state index in [1.54, 1.807) is 12.1 Å². The highest BCUT2D eigenvalue weighted by atomic mass is 16.6. The number of amides is 1. The number of rotatable bonds is 7. The lowest BCUT2D eigenvalue weighted by Crippen LogP contribution is -2.35. The number of benzene rings is 2. The number of carbonyl (C=O) groups excluding carboxylic acids is 1. The molecule has 0 aromatic heterocycles. The third-order valence-corrected chi connectivity index (χ3v) is 3.62. The van der Waals surface area contributed by atoms with Crippen molar-refractivity contribution in [2.45, 2.75) is 18.8 Å². The first kappa shape index (κ1) is 19.2. The molecule has 0 aliphatic heterocycles. The van der Waals surface area contributed by atoms with Gasteiger partial charge in [0.1, 0.15) is 24.5 Å². The number of nitrogens with one attached hydrogen (secondary N) is 1. The molecule has 0 fully saturated rings. The summed E-state index contributed by atoms with van der Waals surface area (Å²) in [5.41, 5.74) is 6.13. The Hall–Kier alpha value is -3.17. The molecule has 0 spiro atoms. The minimum atomic E-state index is -1.38. The Kier molecular flexibility index (Phi) is 6.48. The van der Waals surface area contributed by atoms with Crippen molar-refractivity contribution >= 4 is 17.5 Å². The van der Waals surface area contributed by atoms with Gasteiger partial charge < -0.3 is 26.0 Å². The Labute approximate surface area is 149 Å². The van der Waals surface area contributed by atoms with Gasteiger partial charge in [0.25, 0.3) is 5.69 Å². The van der Waals surface area contributed by atoms with Crippen molar-refractivity contribution in [1.82, 2.24) is 5.32 Å². The number of nitro benzene ring substituents is 1. The largest absolute Gasteiger partial charge is 0.445 e. The molecule has 0 saturated heterocycles. The Morgan fingerprint density at radius 2 is 1.92 bits per heavy atom. The van der Waals surface area contributed by atoms with E-state index in [1.165, 1.54) is 12.1 Å². The fourth-order valence-electron chi connectivity index (χ4n) is 2.22. The number of anilines is 1. The van der Waals surface area contributed by atoms with E-state index < -0.39 is 23.2 Å². The Morgan fingerprint density at radius 3 is 2.54 bits per heavy atom. The van der Waals surface area contributed by atoms with E-state index in [0.717, 1.165) is 11.6 Å². The van der Waals surface area contributed by atoms with Crippen molar-refractivity contribution in [3.05, 3.63) is 69.8 Å². The minimum Gasteiger partial charge on any atom is -0.445 e. The predicted molar refractivity (Wildman–Crippen MR) is 93.1 cm³/mol.